The van der Waals surface area contributed by atoms with Gasteiger partial charge in [0.15, 0.2) is 0 Å². The van der Waals surface area contributed by atoms with Crippen molar-refractivity contribution in [3.63, 3.8) is 0 Å². The van der Waals surface area contributed by atoms with Gasteiger partial charge in [-0.3, -0.25) is 9.36 Å². The predicted molar refractivity (Wildman–Crippen MR) is 115 cm³/mol. The van der Waals surface area contributed by atoms with Crippen LogP contribution in [0.5, 0.6) is 5.75 Å². The molecule has 0 N–H and O–H groups in total. The summed E-state index contributed by atoms with van der Waals surface area (Å²) in [5, 5.41) is 9.24. The summed E-state index contributed by atoms with van der Waals surface area (Å²) in [6, 6.07) is 18.4. The lowest BCUT2D eigenvalue weighted by Crippen LogP contribution is -2.17. The van der Waals surface area contributed by atoms with Crippen molar-refractivity contribution in [2.75, 3.05) is 7.11 Å². The fraction of sp³-hybridized carbons (Fsp3) is 0.130. The summed E-state index contributed by atoms with van der Waals surface area (Å²) >= 11 is 0. The van der Waals surface area contributed by atoms with E-state index in [1.165, 1.54) is 4.57 Å². The van der Waals surface area contributed by atoms with E-state index in [-0.39, 0.29) is 11.5 Å². The second-order valence-electron chi connectivity index (χ2n) is 6.59. The molecule has 0 spiro atoms. The zero-order valence-corrected chi connectivity index (χ0v) is 16.6. The van der Waals surface area contributed by atoms with Crippen LogP contribution in [0.4, 0.5) is 5.95 Å². The molecule has 7 nitrogen and oxygen atoms in total. The lowest BCUT2D eigenvalue weighted by atomic mass is 10.1. The highest BCUT2D eigenvalue weighted by molar-refractivity contribution is 5.78. The van der Waals surface area contributed by atoms with Crippen LogP contribution in [-0.4, -0.2) is 16.7 Å². The van der Waals surface area contributed by atoms with E-state index >= 15 is 0 Å². The number of para-hydroxylation sites is 1. The summed E-state index contributed by atoms with van der Waals surface area (Å²) in [4.78, 5) is 17.1. The minimum absolute atomic E-state index is 0.167. The van der Waals surface area contributed by atoms with Crippen molar-refractivity contribution in [2.45, 2.75) is 6.42 Å². The molecule has 2 aromatic heterocycles. The molecule has 150 valence electrons. The number of hydrogen-bond donors (Lipinski definition) is 0. The molecule has 4 aromatic rings. The Hall–Kier alpha value is -4.00. The van der Waals surface area contributed by atoms with Gasteiger partial charge in [0.2, 0.25) is 0 Å². The van der Waals surface area contributed by atoms with Crippen LogP contribution in [-0.2, 0) is 13.5 Å². The summed E-state index contributed by atoms with van der Waals surface area (Å²) in [6.07, 6.45) is 4.10. The Labute approximate surface area is 173 Å². The zero-order chi connectivity index (χ0) is 20.9. The van der Waals surface area contributed by atoms with Crippen LogP contribution >= 0.6 is 0 Å². The first-order valence-corrected chi connectivity index (χ1v) is 9.40. The van der Waals surface area contributed by atoms with Crippen LogP contribution in [0.25, 0.3) is 16.6 Å². The van der Waals surface area contributed by atoms with Crippen molar-refractivity contribution in [3.05, 3.63) is 94.7 Å². The van der Waals surface area contributed by atoms with Crippen molar-refractivity contribution in [3.8, 4) is 5.75 Å². The second-order valence-corrected chi connectivity index (χ2v) is 6.59. The Bertz CT molecular complexity index is 1270. The van der Waals surface area contributed by atoms with Crippen LogP contribution in [0, 0.1) is 0 Å². The maximum atomic E-state index is 12.6. The molecule has 0 saturated heterocycles. The van der Waals surface area contributed by atoms with Crippen molar-refractivity contribution in [1.29, 1.82) is 0 Å². The first-order chi connectivity index (χ1) is 14.7. The first kappa shape index (κ1) is 19.3. The third-order valence-electron chi connectivity index (χ3n) is 4.67. The number of azo groups is 1. The SMILES string of the molecule is COc1ccc(/C(=C/Cc2ccco2)N=Nc2nc3ccccc3c(=O)n2C)cc1. The van der Waals surface area contributed by atoms with Gasteiger partial charge in [-0.15, -0.1) is 10.2 Å². The van der Waals surface area contributed by atoms with Crippen LogP contribution in [0.2, 0.25) is 0 Å². The predicted octanol–water partition coefficient (Wildman–Crippen LogP) is 4.90. The zero-order valence-electron chi connectivity index (χ0n) is 16.6. The fourth-order valence-corrected chi connectivity index (χ4v) is 3.00. The normalized spacial score (nSPS) is 12.0. The van der Waals surface area contributed by atoms with Crippen LogP contribution < -0.4 is 10.3 Å². The minimum atomic E-state index is -0.167. The van der Waals surface area contributed by atoms with Gasteiger partial charge in [-0.1, -0.05) is 12.1 Å². The van der Waals surface area contributed by atoms with E-state index in [9.17, 15) is 4.79 Å². The summed E-state index contributed by atoms with van der Waals surface area (Å²) in [7, 11) is 3.25. The number of allylic oxidation sites excluding steroid dienone is 1. The van der Waals surface area contributed by atoms with Gasteiger partial charge in [-0.25, -0.2) is 4.98 Å². The van der Waals surface area contributed by atoms with Crippen LogP contribution in [0.3, 0.4) is 0 Å². The Morgan fingerprint density at radius 2 is 1.93 bits per heavy atom. The molecule has 0 bridgehead atoms. The van der Waals surface area contributed by atoms with Crippen molar-refractivity contribution < 1.29 is 9.15 Å². The highest BCUT2D eigenvalue weighted by Crippen LogP contribution is 2.23. The van der Waals surface area contributed by atoms with E-state index in [0.29, 0.717) is 23.0 Å². The van der Waals surface area contributed by atoms with Gasteiger partial charge in [-0.05, 0) is 54.6 Å². The first-order valence-electron chi connectivity index (χ1n) is 9.40. The lowest BCUT2D eigenvalue weighted by Gasteiger charge is -2.06. The molecule has 0 aliphatic heterocycles. The molecule has 0 amide bonds. The van der Waals surface area contributed by atoms with E-state index in [1.807, 2.05) is 54.6 Å². The molecule has 4 rings (SSSR count). The molecule has 0 radical (unpaired) electrons. The summed E-state index contributed by atoms with van der Waals surface area (Å²) in [5.74, 6) is 1.79. The van der Waals surface area contributed by atoms with Crippen LogP contribution in [0.1, 0.15) is 11.3 Å². The molecular formula is C23H20N4O3. The minimum Gasteiger partial charge on any atom is -0.497 e. The standard InChI is InChI=1S/C23H20N4O3/c1-27-22(28)19-7-3-4-8-21(19)24-23(27)26-25-20(14-13-18-6-5-15-30-18)16-9-11-17(29-2)12-10-16/h3-12,14-15H,13H2,1-2H3/b20-14-,26-25?. The average molecular weight is 400 g/mol. The van der Waals surface area contributed by atoms with E-state index in [0.717, 1.165) is 17.1 Å². The smallest absolute Gasteiger partial charge is 0.262 e. The number of ether oxygens (including phenoxy) is 1. The molecule has 2 heterocycles. The molecule has 0 saturated carbocycles. The molecule has 0 atom stereocenters. The van der Waals surface area contributed by atoms with E-state index in [4.69, 9.17) is 9.15 Å². The van der Waals surface area contributed by atoms with Gasteiger partial charge >= 0.3 is 0 Å². The van der Waals surface area contributed by atoms with Gasteiger partial charge in [0.25, 0.3) is 11.5 Å². The van der Waals surface area contributed by atoms with Gasteiger partial charge < -0.3 is 9.15 Å². The molecule has 0 aliphatic carbocycles. The third-order valence-corrected chi connectivity index (χ3v) is 4.67. The van der Waals surface area contributed by atoms with Gasteiger partial charge in [0, 0.05) is 19.0 Å². The van der Waals surface area contributed by atoms with E-state index < -0.39 is 0 Å². The van der Waals surface area contributed by atoms with Gasteiger partial charge in [0.1, 0.15) is 11.5 Å². The van der Waals surface area contributed by atoms with E-state index in [1.54, 1.807) is 32.6 Å². The highest BCUT2D eigenvalue weighted by Gasteiger charge is 2.08. The number of hydrogen-bond acceptors (Lipinski definition) is 6. The fourth-order valence-electron chi connectivity index (χ4n) is 3.00. The topological polar surface area (TPSA) is 82.0 Å². The Morgan fingerprint density at radius 1 is 1.13 bits per heavy atom. The Balaban J connectivity index is 1.73. The number of benzene rings is 2. The average Bonchev–Trinajstić information content (AvgIpc) is 3.31. The van der Waals surface area contributed by atoms with Crippen molar-refractivity contribution in [1.82, 2.24) is 9.55 Å². The molecule has 0 aliphatic rings. The molecule has 0 unspecified atom stereocenters. The number of methoxy groups -OCH3 is 1. The molecule has 30 heavy (non-hydrogen) atoms. The molecular weight excluding hydrogens is 380 g/mol. The molecule has 2 aromatic carbocycles. The lowest BCUT2D eigenvalue weighted by molar-refractivity contribution is 0.415. The summed E-state index contributed by atoms with van der Waals surface area (Å²) < 4.78 is 12.0. The maximum Gasteiger partial charge on any atom is 0.262 e. The Kier molecular flexibility index (Phi) is 5.52. The maximum absolute atomic E-state index is 12.6. The number of aromatic nitrogens is 2. The Morgan fingerprint density at radius 3 is 2.67 bits per heavy atom. The van der Waals surface area contributed by atoms with E-state index in [2.05, 4.69) is 15.2 Å². The number of fused-ring (bicyclic) bond motifs is 1. The van der Waals surface area contributed by atoms with Gasteiger partial charge in [-0.2, -0.15) is 0 Å². The summed E-state index contributed by atoms with van der Waals surface area (Å²) in [6.45, 7) is 0. The second kappa shape index (κ2) is 8.57. The molecule has 7 heteroatoms. The molecule has 0 fully saturated rings. The van der Waals surface area contributed by atoms with Crippen LogP contribution in [0.15, 0.2) is 92.4 Å². The number of rotatable bonds is 6. The van der Waals surface area contributed by atoms with Crippen molar-refractivity contribution in [2.24, 2.45) is 17.3 Å². The largest absolute Gasteiger partial charge is 0.497 e. The highest BCUT2D eigenvalue weighted by atomic mass is 16.5. The monoisotopic (exact) mass is 400 g/mol. The third kappa shape index (κ3) is 4.05. The summed E-state index contributed by atoms with van der Waals surface area (Å²) in [5.41, 5.74) is 1.91. The quantitative estimate of drug-likeness (QED) is 0.431. The van der Waals surface area contributed by atoms with Gasteiger partial charge in [0.05, 0.1) is 30.0 Å². The number of nitrogens with zero attached hydrogens (tertiary/aromatic N) is 4. The van der Waals surface area contributed by atoms with Crippen molar-refractivity contribution >= 4 is 22.5 Å². The number of furan rings is 1.